The fourth-order valence-corrected chi connectivity index (χ4v) is 4.25. The number of likely N-dealkylation sites (tertiary alicyclic amines) is 1. The molecule has 0 spiro atoms. The van der Waals surface area contributed by atoms with Crippen molar-refractivity contribution in [1.29, 1.82) is 0 Å². The molecule has 35 heavy (non-hydrogen) atoms. The number of aryl methyl sites for hydroxylation is 1. The van der Waals surface area contributed by atoms with Crippen molar-refractivity contribution in [3.05, 3.63) is 64.7 Å². The molecule has 2 aromatic rings. The van der Waals surface area contributed by atoms with Gasteiger partial charge in [-0.3, -0.25) is 9.59 Å². The number of carbonyl (C=O) groups is 2. The van der Waals surface area contributed by atoms with Crippen LogP contribution in [0.3, 0.4) is 0 Å². The minimum Gasteiger partial charge on any atom is -0.507 e. The number of aliphatic hydroxyl groups is 1. The Morgan fingerprint density at radius 1 is 1.06 bits per heavy atom. The first kappa shape index (κ1) is 26.3. The maximum Gasteiger partial charge on any atom is 0.295 e. The number of benzene rings is 2. The molecule has 0 aliphatic carbocycles. The summed E-state index contributed by atoms with van der Waals surface area (Å²) in [5.74, 6) is -0.00352. The van der Waals surface area contributed by atoms with E-state index in [4.69, 9.17) is 9.47 Å². The summed E-state index contributed by atoms with van der Waals surface area (Å²) < 4.78 is 11.3. The summed E-state index contributed by atoms with van der Waals surface area (Å²) in [6.07, 6.45) is 1.59. The van der Waals surface area contributed by atoms with Gasteiger partial charge in [-0.1, -0.05) is 19.1 Å². The monoisotopic (exact) mass is 480 g/mol. The van der Waals surface area contributed by atoms with Crippen molar-refractivity contribution in [1.82, 2.24) is 9.80 Å². The van der Waals surface area contributed by atoms with E-state index in [0.29, 0.717) is 37.5 Å². The van der Waals surface area contributed by atoms with E-state index in [-0.39, 0.29) is 11.3 Å². The third kappa shape index (κ3) is 6.03. The number of aliphatic hydroxyl groups excluding tert-OH is 1. The number of Topliss-reactive ketones (excluding diaryl/α,β-unsaturated/α-hetero) is 1. The van der Waals surface area contributed by atoms with Crippen molar-refractivity contribution in [3.63, 3.8) is 0 Å². The van der Waals surface area contributed by atoms with Crippen molar-refractivity contribution < 1.29 is 24.2 Å². The Balaban J connectivity index is 2.05. The van der Waals surface area contributed by atoms with Gasteiger partial charge in [-0.2, -0.15) is 0 Å². The second-order valence-electron chi connectivity index (χ2n) is 8.98. The standard InChI is InChI=1S/C28H36N2O5/c1-6-17-35-23-14-11-21(18-19(23)3)26(31)24-25(20-9-12-22(13-10-20)34-7-2)30(28(33)27(24)32)16-8-15-29(4)5/h9-14,18,25,31H,6-8,15-17H2,1-5H3/b26-24-. The van der Waals surface area contributed by atoms with E-state index in [0.717, 1.165) is 29.8 Å². The Labute approximate surface area is 207 Å². The Hall–Kier alpha value is -3.32. The van der Waals surface area contributed by atoms with Crippen LogP contribution in [0.15, 0.2) is 48.0 Å². The maximum atomic E-state index is 13.2. The molecule has 2 aromatic carbocycles. The largest absolute Gasteiger partial charge is 0.507 e. The highest BCUT2D eigenvalue weighted by Gasteiger charge is 2.45. The molecule has 0 saturated carbocycles. The van der Waals surface area contributed by atoms with Crippen LogP contribution < -0.4 is 9.47 Å². The molecule has 3 rings (SSSR count). The SMILES string of the molecule is CCCOc1ccc(/C(O)=C2/C(=O)C(=O)N(CCCN(C)C)C2c2ccc(OCC)cc2)cc1C. The quantitative estimate of drug-likeness (QED) is 0.289. The second kappa shape index (κ2) is 11.9. The van der Waals surface area contributed by atoms with Crippen molar-refractivity contribution in [2.24, 2.45) is 0 Å². The molecular weight excluding hydrogens is 444 g/mol. The number of ketones is 1. The first-order valence-corrected chi connectivity index (χ1v) is 12.2. The van der Waals surface area contributed by atoms with Gasteiger partial charge in [0, 0.05) is 12.1 Å². The predicted octanol–water partition coefficient (Wildman–Crippen LogP) is 4.56. The molecule has 0 radical (unpaired) electrons. The second-order valence-corrected chi connectivity index (χ2v) is 8.98. The Morgan fingerprint density at radius 2 is 1.77 bits per heavy atom. The number of hydrogen-bond acceptors (Lipinski definition) is 6. The van der Waals surface area contributed by atoms with Gasteiger partial charge in [0.2, 0.25) is 0 Å². The third-order valence-corrected chi connectivity index (χ3v) is 5.96. The van der Waals surface area contributed by atoms with Gasteiger partial charge < -0.3 is 24.4 Å². The van der Waals surface area contributed by atoms with Crippen LogP contribution in [0.2, 0.25) is 0 Å². The minimum absolute atomic E-state index is 0.102. The van der Waals surface area contributed by atoms with E-state index in [1.165, 1.54) is 0 Å². The highest BCUT2D eigenvalue weighted by Crippen LogP contribution is 2.40. The number of ether oxygens (including phenoxy) is 2. The van der Waals surface area contributed by atoms with E-state index in [2.05, 4.69) is 0 Å². The van der Waals surface area contributed by atoms with E-state index in [9.17, 15) is 14.7 Å². The van der Waals surface area contributed by atoms with Crippen molar-refractivity contribution >= 4 is 17.4 Å². The third-order valence-electron chi connectivity index (χ3n) is 5.96. The summed E-state index contributed by atoms with van der Waals surface area (Å²) >= 11 is 0. The summed E-state index contributed by atoms with van der Waals surface area (Å²) in [6, 6.07) is 12.0. The summed E-state index contributed by atoms with van der Waals surface area (Å²) in [5.41, 5.74) is 2.18. The molecule has 1 saturated heterocycles. The average molecular weight is 481 g/mol. The molecule has 1 atom stereocenters. The van der Waals surface area contributed by atoms with Gasteiger partial charge in [0.1, 0.15) is 17.3 Å². The molecule has 1 amide bonds. The zero-order valence-electron chi connectivity index (χ0n) is 21.3. The lowest BCUT2D eigenvalue weighted by Gasteiger charge is -2.26. The molecule has 1 fully saturated rings. The van der Waals surface area contributed by atoms with E-state index >= 15 is 0 Å². The summed E-state index contributed by atoms with van der Waals surface area (Å²) in [7, 11) is 3.93. The molecule has 0 bridgehead atoms. The molecule has 1 aliphatic heterocycles. The van der Waals surface area contributed by atoms with Crippen molar-refractivity contribution in [2.75, 3.05) is 40.4 Å². The lowest BCUT2D eigenvalue weighted by Crippen LogP contribution is -2.32. The molecule has 188 valence electrons. The van der Waals surface area contributed by atoms with Gasteiger partial charge in [0.05, 0.1) is 24.8 Å². The van der Waals surface area contributed by atoms with Crippen LogP contribution in [-0.4, -0.2) is 67.0 Å². The van der Waals surface area contributed by atoms with Crippen LogP contribution >= 0.6 is 0 Å². The molecular formula is C28H36N2O5. The van der Waals surface area contributed by atoms with Crippen molar-refractivity contribution in [3.8, 4) is 11.5 Å². The van der Waals surface area contributed by atoms with Crippen molar-refractivity contribution in [2.45, 2.75) is 39.7 Å². The smallest absolute Gasteiger partial charge is 0.295 e. The molecule has 1 aliphatic rings. The lowest BCUT2D eigenvalue weighted by atomic mass is 9.94. The van der Waals surface area contributed by atoms with Gasteiger partial charge in [0.15, 0.2) is 0 Å². The molecule has 1 N–H and O–H groups in total. The first-order valence-electron chi connectivity index (χ1n) is 12.2. The molecule has 7 heteroatoms. The summed E-state index contributed by atoms with van der Waals surface area (Å²) in [5, 5.41) is 11.3. The highest BCUT2D eigenvalue weighted by molar-refractivity contribution is 6.46. The zero-order chi connectivity index (χ0) is 25.5. The lowest BCUT2D eigenvalue weighted by molar-refractivity contribution is -0.139. The molecule has 1 unspecified atom stereocenters. The average Bonchev–Trinajstić information content (AvgIpc) is 3.08. The Kier molecular flexibility index (Phi) is 8.93. The summed E-state index contributed by atoms with van der Waals surface area (Å²) in [6.45, 7) is 8.16. The fourth-order valence-electron chi connectivity index (χ4n) is 4.25. The van der Waals surface area contributed by atoms with Crippen LogP contribution in [0.4, 0.5) is 0 Å². The molecule has 1 heterocycles. The van der Waals surface area contributed by atoms with Gasteiger partial charge >= 0.3 is 0 Å². The Bertz CT molecular complexity index is 1080. The number of nitrogens with zero attached hydrogens (tertiary/aromatic N) is 2. The topological polar surface area (TPSA) is 79.3 Å². The highest BCUT2D eigenvalue weighted by atomic mass is 16.5. The van der Waals surface area contributed by atoms with Gasteiger partial charge in [-0.15, -0.1) is 0 Å². The van der Waals surface area contributed by atoms with E-state index < -0.39 is 17.7 Å². The maximum absolute atomic E-state index is 13.2. The minimum atomic E-state index is -0.677. The fraction of sp³-hybridized carbons (Fsp3) is 0.429. The van der Waals surface area contributed by atoms with Crippen LogP contribution in [0.25, 0.3) is 5.76 Å². The van der Waals surface area contributed by atoms with Gasteiger partial charge in [-0.05, 0) is 88.8 Å². The van der Waals surface area contributed by atoms with Gasteiger partial charge in [-0.25, -0.2) is 0 Å². The number of amides is 1. The van der Waals surface area contributed by atoms with Crippen LogP contribution in [0.1, 0.15) is 49.4 Å². The summed E-state index contributed by atoms with van der Waals surface area (Å²) in [4.78, 5) is 29.9. The normalized spacial score (nSPS) is 17.3. The first-order chi connectivity index (χ1) is 16.8. The molecule has 0 aromatic heterocycles. The van der Waals surface area contributed by atoms with Crippen LogP contribution in [-0.2, 0) is 9.59 Å². The number of carbonyl (C=O) groups excluding carboxylic acids is 2. The predicted molar refractivity (Wildman–Crippen MR) is 137 cm³/mol. The van der Waals surface area contributed by atoms with Gasteiger partial charge in [0.25, 0.3) is 11.7 Å². The molecule has 7 nitrogen and oxygen atoms in total. The van der Waals surface area contributed by atoms with Crippen LogP contribution in [0, 0.1) is 6.92 Å². The zero-order valence-corrected chi connectivity index (χ0v) is 21.3. The van der Waals surface area contributed by atoms with E-state index in [1.54, 1.807) is 23.1 Å². The van der Waals surface area contributed by atoms with E-state index in [1.807, 2.05) is 64.0 Å². The number of hydrogen-bond donors (Lipinski definition) is 1. The Morgan fingerprint density at radius 3 is 2.37 bits per heavy atom. The number of rotatable bonds is 11. The van der Waals surface area contributed by atoms with Crippen LogP contribution in [0.5, 0.6) is 11.5 Å².